The van der Waals surface area contributed by atoms with Crippen molar-refractivity contribution in [1.29, 1.82) is 0 Å². The number of hydrogen-bond donors (Lipinski definition) is 2. The van der Waals surface area contributed by atoms with Gasteiger partial charge in [-0.1, -0.05) is 18.2 Å². The van der Waals surface area contributed by atoms with Crippen molar-refractivity contribution >= 4 is 22.7 Å². The lowest BCUT2D eigenvalue weighted by Crippen LogP contribution is -2.33. The molecule has 2 amide bonds. The lowest BCUT2D eigenvalue weighted by molar-refractivity contribution is -0.118. The smallest absolute Gasteiger partial charge is 0.253 e. The highest BCUT2D eigenvalue weighted by Gasteiger charge is 2.24. The molecular formula is C15H17N3O2. The molecule has 2 aromatic rings. The highest BCUT2D eigenvalue weighted by atomic mass is 16.2. The van der Waals surface area contributed by atoms with Gasteiger partial charge in [-0.3, -0.25) is 9.59 Å². The molecule has 2 N–H and O–H groups in total. The van der Waals surface area contributed by atoms with Crippen LogP contribution >= 0.6 is 0 Å². The number of carbonyl (C=O) groups excluding carboxylic acids is 2. The SMILES string of the molecule is CC(=O)NCCn1c2c(c3ccccc31)C(=O)NCC2. The Morgan fingerprint density at radius 2 is 2.20 bits per heavy atom. The van der Waals surface area contributed by atoms with Crippen molar-refractivity contribution in [1.82, 2.24) is 15.2 Å². The minimum absolute atomic E-state index is 0.000673. The summed E-state index contributed by atoms with van der Waals surface area (Å²) in [4.78, 5) is 23.1. The molecule has 1 aliphatic rings. The van der Waals surface area contributed by atoms with Gasteiger partial charge in [-0.25, -0.2) is 0 Å². The molecule has 0 unspecified atom stereocenters. The predicted molar refractivity (Wildman–Crippen MR) is 76.7 cm³/mol. The summed E-state index contributed by atoms with van der Waals surface area (Å²) in [6.07, 6.45) is 0.829. The van der Waals surface area contributed by atoms with Gasteiger partial charge in [0.25, 0.3) is 5.91 Å². The van der Waals surface area contributed by atoms with Gasteiger partial charge in [0, 0.05) is 49.6 Å². The second-order valence-corrected chi connectivity index (χ2v) is 4.98. The number of benzene rings is 1. The maximum Gasteiger partial charge on any atom is 0.253 e. The number of aromatic nitrogens is 1. The van der Waals surface area contributed by atoms with Crippen molar-refractivity contribution in [3.05, 3.63) is 35.5 Å². The zero-order valence-electron chi connectivity index (χ0n) is 11.4. The maximum absolute atomic E-state index is 12.1. The van der Waals surface area contributed by atoms with Gasteiger partial charge < -0.3 is 15.2 Å². The summed E-state index contributed by atoms with van der Waals surface area (Å²) in [7, 11) is 0. The minimum atomic E-state index is -0.0342. The average molecular weight is 271 g/mol. The minimum Gasteiger partial charge on any atom is -0.355 e. The van der Waals surface area contributed by atoms with E-state index in [0.717, 1.165) is 28.6 Å². The van der Waals surface area contributed by atoms with Gasteiger partial charge in [-0.2, -0.15) is 0 Å². The monoisotopic (exact) mass is 271 g/mol. The number of carbonyl (C=O) groups is 2. The van der Waals surface area contributed by atoms with E-state index in [-0.39, 0.29) is 11.8 Å². The van der Waals surface area contributed by atoms with Crippen LogP contribution < -0.4 is 10.6 Å². The highest BCUT2D eigenvalue weighted by Crippen LogP contribution is 2.28. The summed E-state index contributed by atoms with van der Waals surface area (Å²) in [6, 6.07) is 7.92. The second kappa shape index (κ2) is 5.00. The van der Waals surface area contributed by atoms with Crippen LogP contribution in [0.15, 0.2) is 24.3 Å². The Labute approximate surface area is 117 Å². The summed E-state index contributed by atoms with van der Waals surface area (Å²) in [5, 5.41) is 6.69. The molecule has 2 heterocycles. The molecule has 0 saturated heterocycles. The first kappa shape index (κ1) is 12.7. The van der Waals surface area contributed by atoms with Gasteiger partial charge >= 0.3 is 0 Å². The van der Waals surface area contributed by atoms with E-state index in [2.05, 4.69) is 15.2 Å². The first-order valence-electron chi connectivity index (χ1n) is 6.81. The molecule has 0 atom stereocenters. The van der Waals surface area contributed by atoms with E-state index in [1.54, 1.807) is 0 Å². The molecule has 0 fully saturated rings. The van der Waals surface area contributed by atoms with E-state index < -0.39 is 0 Å². The summed E-state index contributed by atoms with van der Waals surface area (Å²) < 4.78 is 2.15. The van der Waals surface area contributed by atoms with Crippen molar-refractivity contribution in [2.45, 2.75) is 19.9 Å². The second-order valence-electron chi connectivity index (χ2n) is 4.98. The van der Waals surface area contributed by atoms with E-state index in [0.29, 0.717) is 19.6 Å². The molecule has 1 aromatic heterocycles. The van der Waals surface area contributed by atoms with Crippen LogP contribution in [0.5, 0.6) is 0 Å². The van der Waals surface area contributed by atoms with Crippen molar-refractivity contribution in [2.24, 2.45) is 0 Å². The normalized spacial score (nSPS) is 13.9. The van der Waals surface area contributed by atoms with E-state index in [9.17, 15) is 9.59 Å². The standard InChI is InChI=1S/C15H17N3O2/c1-10(19)16-8-9-18-12-5-3-2-4-11(12)14-13(18)6-7-17-15(14)20/h2-5H,6-9H2,1H3,(H,16,19)(H,17,20). The van der Waals surface area contributed by atoms with Crippen molar-refractivity contribution in [3.8, 4) is 0 Å². The van der Waals surface area contributed by atoms with Crippen molar-refractivity contribution < 1.29 is 9.59 Å². The summed E-state index contributed by atoms with van der Waals surface area (Å²) in [6.45, 7) is 3.43. The maximum atomic E-state index is 12.1. The van der Waals surface area contributed by atoms with Gasteiger partial charge in [-0.15, -0.1) is 0 Å². The number of nitrogens with one attached hydrogen (secondary N) is 2. The van der Waals surface area contributed by atoms with Gasteiger partial charge in [-0.05, 0) is 6.07 Å². The molecule has 1 aromatic carbocycles. The summed E-state index contributed by atoms with van der Waals surface area (Å²) in [5.41, 5.74) is 2.91. The van der Waals surface area contributed by atoms with Crippen LogP contribution in [0.25, 0.3) is 10.9 Å². The lowest BCUT2D eigenvalue weighted by Gasteiger charge is -2.16. The Kier molecular flexibility index (Phi) is 3.18. The number of hydrogen-bond acceptors (Lipinski definition) is 2. The van der Waals surface area contributed by atoms with Crippen molar-refractivity contribution in [3.63, 3.8) is 0 Å². The molecule has 5 nitrogen and oxygen atoms in total. The Morgan fingerprint density at radius 3 is 3.00 bits per heavy atom. The number of nitrogens with zero attached hydrogens (tertiary/aromatic N) is 1. The first-order valence-corrected chi connectivity index (χ1v) is 6.81. The third-order valence-electron chi connectivity index (χ3n) is 3.66. The summed E-state index contributed by atoms with van der Waals surface area (Å²) in [5.74, 6) is -0.0335. The molecule has 20 heavy (non-hydrogen) atoms. The fraction of sp³-hybridized carbons (Fsp3) is 0.333. The first-order chi connectivity index (χ1) is 9.68. The van der Waals surface area contributed by atoms with Crippen LogP contribution in [0.2, 0.25) is 0 Å². The van der Waals surface area contributed by atoms with Crippen LogP contribution in [-0.4, -0.2) is 29.5 Å². The van der Waals surface area contributed by atoms with Crippen LogP contribution in [-0.2, 0) is 17.8 Å². The van der Waals surface area contributed by atoms with Gasteiger partial charge in [0.05, 0.1) is 5.56 Å². The fourth-order valence-corrected chi connectivity index (χ4v) is 2.85. The lowest BCUT2D eigenvalue weighted by atomic mass is 10.1. The molecule has 0 saturated carbocycles. The third kappa shape index (κ3) is 2.05. The molecule has 104 valence electrons. The number of rotatable bonds is 3. The fourth-order valence-electron chi connectivity index (χ4n) is 2.85. The van der Waals surface area contributed by atoms with Gasteiger partial charge in [0.15, 0.2) is 0 Å². The largest absolute Gasteiger partial charge is 0.355 e. The van der Waals surface area contributed by atoms with Crippen LogP contribution in [0.1, 0.15) is 23.0 Å². The number of para-hydroxylation sites is 1. The molecule has 0 spiro atoms. The molecule has 5 heteroatoms. The Bertz CT molecular complexity index is 688. The average Bonchev–Trinajstić information content (AvgIpc) is 2.75. The van der Waals surface area contributed by atoms with Crippen LogP contribution in [0.4, 0.5) is 0 Å². The Hall–Kier alpha value is -2.30. The van der Waals surface area contributed by atoms with Crippen LogP contribution in [0, 0.1) is 0 Å². The quantitative estimate of drug-likeness (QED) is 0.877. The molecule has 1 aliphatic heterocycles. The topological polar surface area (TPSA) is 63.1 Å². The molecule has 0 aliphatic carbocycles. The molecule has 0 radical (unpaired) electrons. The summed E-state index contributed by atoms with van der Waals surface area (Å²) >= 11 is 0. The zero-order valence-corrected chi connectivity index (χ0v) is 11.4. The van der Waals surface area contributed by atoms with Crippen molar-refractivity contribution in [2.75, 3.05) is 13.1 Å². The Balaban J connectivity index is 2.06. The number of amides is 2. The van der Waals surface area contributed by atoms with E-state index in [1.807, 2.05) is 24.3 Å². The van der Waals surface area contributed by atoms with Gasteiger partial charge in [0.1, 0.15) is 0 Å². The highest BCUT2D eigenvalue weighted by molar-refractivity contribution is 6.09. The van der Waals surface area contributed by atoms with E-state index >= 15 is 0 Å². The third-order valence-corrected chi connectivity index (χ3v) is 3.66. The number of fused-ring (bicyclic) bond motifs is 3. The van der Waals surface area contributed by atoms with Gasteiger partial charge in [0.2, 0.25) is 5.91 Å². The molecular weight excluding hydrogens is 254 g/mol. The Morgan fingerprint density at radius 1 is 1.40 bits per heavy atom. The zero-order chi connectivity index (χ0) is 14.1. The van der Waals surface area contributed by atoms with Crippen LogP contribution in [0.3, 0.4) is 0 Å². The van der Waals surface area contributed by atoms with E-state index in [4.69, 9.17) is 0 Å². The predicted octanol–water partition coefficient (Wildman–Crippen LogP) is 1.06. The molecule has 3 rings (SSSR count). The molecule has 0 bridgehead atoms. The van der Waals surface area contributed by atoms with E-state index in [1.165, 1.54) is 6.92 Å².